The lowest BCUT2D eigenvalue weighted by Crippen LogP contribution is -2.40. The Bertz CT molecular complexity index is 255. The third-order valence-electron chi connectivity index (χ3n) is 3.54. The van der Waals surface area contributed by atoms with Gasteiger partial charge in [-0.3, -0.25) is 4.79 Å². The van der Waals surface area contributed by atoms with E-state index in [0.29, 0.717) is 18.4 Å². The molecule has 0 spiro atoms. The molecule has 0 unspecified atom stereocenters. The van der Waals surface area contributed by atoms with Crippen molar-refractivity contribution in [3.63, 3.8) is 0 Å². The van der Waals surface area contributed by atoms with E-state index in [9.17, 15) is 4.79 Å². The van der Waals surface area contributed by atoms with E-state index in [1.165, 1.54) is 25.7 Å². The van der Waals surface area contributed by atoms with Crippen molar-refractivity contribution >= 4 is 5.91 Å². The number of carbonyl (C=O) groups excluding carboxylic acids is 1. The van der Waals surface area contributed by atoms with Crippen LogP contribution in [0.2, 0.25) is 0 Å². The maximum Gasteiger partial charge on any atom is 0.226 e. The van der Waals surface area contributed by atoms with Gasteiger partial charge in [0.1, 0.15) is 0 Å². The third-order valence-corrected chi connectivity index (χ3v) is 3.54. The first-order valence-electron chi connectivity index (χ1n) is 6.42. The third kappa shape index (κ3) is 3.08. The number of rotatable bonds is 5. The summed E-state index contributed by atoms with van der Waals surface area (Å²) in [4.78, 5) is 14.0. The van der Waals surface area contributed by atoms with Crippen molar-refractivity contribution in [1.82, 2.24) is 10.2 Å². The van der Waals surface area contributed by atoms with Gasteiger partial charge in [0.25, 0.3) is 0 Å². The van der Waals surface area contributed by atoms with Crippen LogP contribution < -0.4 is 5.32 Å². The number of amides is 1. The maximum absolute atomic E-state index is 11.9. The van der Waals surface area contributed by atoms with Crippen LogP contribution in [0.5, 0.6) is 0 Å². The van der Waals surface area contributed by atoms with Gasteiger partial charge >= 0.3 is 0 Å². The minimum absolute atomic E-state index is 0.274. The molecule has 0 bridgehead atoms. The smallest absolute Gasteiger partial charge is 0.226 e. The van der Waals surface area contributed by atoms with Crippen molar-refractivity contribution in [2.45, 2.75) is 38.1 Å². The molecule has 0 atom stereocenters. The summed E-state index contributed by atoms with van der Waals surface area (Å²) in [5, 5.41) is 3.37. The molecular weight excluding hydrogens is 200 g/mol. The molecular formula is C13H22N2O. The van der Waals surface area contributed by atoms with E-state index < -0.39 is 0 Å². The molecule has 1 aliphatic carbocycles. The molecule has 90 valence electrons. The Morgan fingerprint density at radius 1 is 1.31 bits per heavy atom. The fourth-order valence-corrected chi connectivity index (χ4v) is 2.42. The van der Waals surface area contributed by atoms with Crippen LogP contribution in [0.4, 0.5) is 0 Å². The Kier molecular flexibility index (Phi) is 3.99. The van der Waals surface area contributed by atoms with Gasteiger partial charge < -0.3 is 10.2 Å². The van der Waals surface area contributed by atoms with E-state index in [1.54, 1.807) is 6.08 Å². The molecule has 1 heterocycles. The lowest BCUT2D eigenvalue weighted by molar-refractivity contribution is -0.131. The van der Waals surface area contributed by atoms with Gasteiger partial charge in [-0.15, -0.1) is 6.58 Å². The number of nitrogens with one attached hydrogen (secondary N) is 1. The summed E-state index contributed by atoms with van der Waals surface area (Å²) in [6.07, 6.45) is 7.05. The van der Waals surface area contributed by atoms with Gasteiger partial charge in [0, 0.05) is 19.0 Å². The second-order valence-corrected chi connectivity index (χ2v) is 4.96. The Balaban J connectivity index is 1.86. The first-order valence-corrected chi connectivity index (χ1v) is 6.42. The fourth-order valence-electron chi connectivity index (χ4n) is 2.42. The first kappa shape index (κ1) is 11.6. The second-order valence-electron chi connectivity index (χ2n) is 4.96. The number of hydrogen-bond donors (Lipinski definition) is 1. The van der Waals surface area contributed by atoms with Crippen molar-refractivity contribution in [2.75, 3.05) is 19.6 Å². The van der Waals surface area contributed by atoms with E-state index in [1.807, 2.05) is 0 Å². The zero-order chi connectivity index (χ0) is 11.4. The quantitative estimate of drug-likeness (QED) is 0.716. The van der Waals surface area contributed by atoms with Crippen LogP contribution in [0.1, 0.15) is 32.1 Å². The molecule has 0 aromatic carbocycles. The Labute approximate surface area is 97.9 Å². The highest BCUT2D eigenvalue weighted by atomic mass is 16.2. The Morgan fingerprint density at radius 3 is 2.56 bits per heavy atom. The van der Waals surface area contributed by atoms with Crippen LogP contribution in [0.15, 0.2) is 12.7 Å². The van der Waals surface area contributed by atoms with Gasteiger partial charge in [-0.1, -0.05) is 6.08 Å². The molecule has 2 aliphatic rings. The number of carbonyl (C=O) groups is 1. The zero-order valence-electron chi connectivity index (χ0n) is 9.95. The first-order chi connectivity index (χ1) is 7.81. The summed E-state index contributed by atoms with van der Waals surface area (Å²) < 4.78 is 0. The molecule has 1 aliphatic heterocycles. The molecule has 1 N–H and O–H groups in total. The summed E-state index contributed by atoms with van der Waals surface area (Å²) in [6.45, 7) is 6.84. The number of hydrogen-bond acceptors (Lipinski definition) is 2. The molecule has 1 saturated carbocycles. The average Bonchev–Trinajstić information content (AvgIpc) is 3.11. The molecule has 3 heteroatoms. The van der Waals surface area contributed by atoms with Gasteiger partial charge in [0.2, 0.25) is 5.91 Å². The van der Waals surface area contributed by atoms with Gasteiger partial charge in [-0.05, 0) is 44.7 Å². The van der Waals surface area contributed by atoms with E-state index >= 15 is 0 Å². The highest BCUT2D eigenvalue weighted by molar-refractivity contribution is 5.78. The highest BCUT2D eigenvalue weighted by Crippen LogP contribution is 2.29. The topological polar surface area (TPSA) is 32.3 Å². The van der Waals surface area contributed by atoms with Gasteiger partial charge in [-0.25, -0.2) is 0 Å². The minimum Gasteiger partial charge on any atom is -0.339 e. The summed E-state index contributed by atoms with van der Waals surface area (Å²) in [7, 11) is 0. The summed E-state index contributed by atoms with van der Waals surface area (Å²) >= 11 is 0. The molecule has 0 aromatic rings. The van der Waals surface area contributed by atoms with Crippen LogP contribution in [-0.4, -0.2) is 36.5 Å². The lowest BCUT2D eigenvalue weighted by atomic mass is 9.97. The largest absolute Gasteiger partial charge is 0.339 e. The summed E-state index contributed by atoms with van der Waals surface area (Å²) in [5.74, 6) is 0.978. The van der Waals surface area contributed by atoms with E-state index in [2.05, 4.69) is 16.8 Å². The molecule has 16 heavy (non-hydrogen) atoms. The molecule has 0 radical (unpaired) electrons. The van der Waals surface area contributed by atoms with Crippen molar-refractivity contribution in [1.29, 1.82) is 0 Å². The normalized spacial score (nSPS) is 21.8. The van der Waals surface area contributed by atoms with Crippen LogP contribution in [0.3, 0.4) is 0 Å². The van der Waals surface area contributed by atoms with E-state index in [0.717, 1.165) is 19.6 Å². The number of piperidine rings is 1. The SMILES string of the molecule is C=CCC(=O)N(CC1CCNCC1)C1CC1. The van der Waals surface area contributed by atoms with Gasteiger partial charge in [0.05, 0.1) is 0 Å². The molecule has 1 amide bonds. The standard InChI is InChI=1S/C13H22N2O/c1-2-3-13(16)15(12-4-5-12)10-11-6-8-14-9-7-11/h2,11-12,14H,1,3-10H2. The van der Waals surface area contributed by atoms with E-state index in [4.69, 9.17) is 0 Å². The summed E-state index contributed by atoms with van der Waals surface area (Å²) in [5.41, 5.74) is 0. The van der Waals surface area contributed by atoms with Crippen molar-refractivity contribution < 1.29 is 4.79 Å². The molecule has 1 saturated heterocycles. The minimum atomic E-state index is 0.274. The monoisotopic (exact) mass is 222 g/mol. The molecule has 2 fully saturated rings. The van der Waals surface area contributed by atoms with Gasteiger partial charge in [0.15, 0.2) is 0 Å². The number of nitrogens with zero attached hydrogens (tertiary/aromatic N) is 1. The highest BCUT2D eigenvalue weighted by Gasteiger charge is 2.33. The van der Waals surface area contributed by atoms with Crippen LogP contribution in [0.25, 0.3) is 0 Å². The van der Waals surface area contributed by atoms with Crippen molar-refractivity contribution in [3.05, 3.63) is 12.7 Å². The zero-order valence-corrected chi connectivity index (χ0v) is 9.95. The van der Waals surface area contributed by atoms with E-state index in [-0.39, 0.29) is 5.91 Å². The van der Waals surface area contributed by atoms with Gasteiger partial charge in [-0.2, -0.15) is 0 Å². The summed E-state index contributed by atoms with van der Waals surface area (Å²) in [6, 6.07) is 0.544. The predicted octanol–water partition coefficient (Wildman–Crippen LogP) is 1.55. The van der Waals surface area contributed by atoms with Crippen LogP contribution in [-0.2, 0) is 4.79 Å². The van der Waals surface area contributed by atoms with Crippen LogP contribution >= 0.6 is 0 Å². The Hall–Kier alpha value is -0.830. The average molecular weight is 222 g/mol. The molecule has 2 rings (SSSR count). The Morgan fingerprint density at radius 2 is 2.00 bits per heavy atom. The van der Waals surface area contributed by atoms with Crippen LogP contribution in [0, 0.1) is 5.92 Å². The molecule has 3 nitrogen and oxygen atoms in total. The molecule has 0 aromatic heterocycles. The predicted molar refractivity (Wildman–Crippen MR) is 65.1 cm³/mol. The second kappa shape index (κ2) is 5.48. The van der Waals surface area contributed by atoms with Crippen molar-refractivity contribution in [2.24, 2.45) is 5.92 Å². The van der Waals surface area contributed by atoms with Crippen molar-refractivity contribution in [3.8, 4) is 0 Å². The maximum atomic E-state index is 11.9. The lowest BCUT2D eigenvalue weighted by Gasteiger charge is -2.30. The fraction of sp³-hybridized carbons (Fsp3) is 0.769.